The van der Waals surface area contributed by atoms with E-state index in [2.05, 4.69) is 14.7 Å². The number of aromatic amines is 1. The van der Waals surface area contributed by atoms with Crippen LogP contribution in [0, 0.1) is 4.77 Å². The van der Waals surface area contributed by atoms with Gasteiger partial charge in [-0.3, -0.25) is 14.3 Å². The van der Waals surface area contributed by atoms with E-state index in [-0.39, 0.29) is 39.2 Å². The molecule has 0 unspecified atom stereocenters. The summed E-state index contributed by atoms with van der Waals surface area (Å²) in [6.07, 6.45) is -4.36. The fourth-order valence-corrected chi connectivity index (χ4v) is 3.59. The Morgan fingerprint density at radius 2 is 1.91 bits per heavy atom. The predicted molar refractivity (Wildman–Crippen MR) is 110 cm³/mol. The van der Waals surface area contributed by atoms with Crippen molar-refractivity contribution in [3.63, 3.8) is 0 Å². The third-order valence-corrected chi connectivity index (χ3v) is 5.21. The second-order valence-corrected chi connectivity index (χ2v) is 7.27. The SMILES string of the molecule is CC[C@H](C)n1c(=S)[nH]c(=O)c2c(C(F)(F)F)cc(-c3ccc(OC(F)F)c(OC)c3)nc21. The molecule has 3 aromatic rings. The minimum atomic E-state index is -4.87. The fourth-order valence-electron chi connectivity index (χ4n) is 3.23. The van der Waals surface area contributed by atoms with Crippen LogP contribution in [0.5, 0.6) is 11.5 Å². The molecule has 0 saturated heterocycles. The minimum absolute atomic E-state index is 0.0621. The number of aromatic nitrogens is 3. The van der Waals surface area contributed by atoms with Crippen molar-refractivity contribution in [2.24, 2.45) is 0 Å². The van der Waals surface area contributed by atoms with Crippen molar-refractivity contribution in [2.75, 3.05) is 7.11 Å². The molecule has 0 bridgehead atoms. The van der Waals surface area contributed by atoms with E-state index in [4.69, 9.17) is 17.0 Å². The number of hydrogen-bond donors (Lipinski definition) is 1. The largest absolute Gasteiger partial charge is 0.493 e. The predicted octanol–water partition coefficient (Wildman–Crippen LogP) is 5.72. The fraction of sp³-hybridized carbons (Fsp3) is 0.350. The quantitative estimate of drug-likeness (QED) is 0.365. The number of pyridine rings is 1. The smallest absolute Gasteiger partial charge is 0.417 e. The minimum Gasteiger partial charge on any atom is -0.493 e. The summed E-state index contributed by atoms with van der Waals surface area (Å²) in [5.74, 6) is -0.412. The maximum absolute atomic E-state index is 13.9. The molecule has 32 heavy (non-hydrogen) atoms. The van der Waals surface area contributed by atoms with Gasteiger partial charge < -0.3 is 9.47 Å². The second-order valence-electron chi connectivity index (χ2n) is 6.88. The zero-order valence-corrected chi connectivity index (χ0v) is 17.9. The van der Waals surface area contributed by atoms with Crippen molar-refractivity contribution in [1.29, 1.82) is 0 Å². The van der Waals surface area contributed by atoms with Gasteiger partial charge in [0.2, 0.25) is 0 Å². The lowest BCUT2D eigenvalue weighted by atomic mass is 10.1. The molecular weight excluding hydrogens is 457 g/mol. The summed E-state index contributed by atoms with van der Waals surface area (Å²) >= 11 is 5.18. The first-order valence-electron chi connectivity index (χ1n) is 9.37. The van der Waals surface area contributed by atoms with Crippen LogP contribution < -0.4 is 15.0 Å². The highest BCUT2D eigenvalue weighted by atomic mass is 32.1. The van der Waals surface area contributed by atoms with Crippen molar-refractivity contribution in [3.05, 3.63) is 45.0 Å². The number of hydrogen-bond acceptors (Lipinski definition) is 5. The third-order valence-electron chi connectivity index (χ3n) is 4.91. The van der Waals surface area contributed by atoms with Gasteiger partial charge in [-0.25, -0.2) is 4.98 Å². The number of benzene rings is 1. The highest BCUT2D eigenvalue weighted by Crippen LogP contribution is 2.38. The van der Waals surface area contributed by atoms with Gasteiger partial charge in [0.25, 0.3) is 5.56 Å². The average Bonchev–Trinajstić information content (AvgIpc) is 2.71. The number of nitrogens with one attached hydrogen (secondary N) is 1. The molecule has 1 atom stereocenters. The first-order chi connectivity index (χ1) is 15.0. The van der Waals surface area contributed by atoms with Crippen molar-refractivity contribution in [1.82, 2.24) is 14.5 Å². The molecule has 6 nitrogen and oxygen atoms in total. The van der Waals surface area contributed by atoms with Crippen molar-refractivity contribution < 1.29 is 31.4 Å². The molecule has 0 amide bonds. The first kappa shape index (κ1) is 23.6. The van der Waals surface area contributed by atoms with Gasteiger partial charge in [0, 0.05) is 11.6 Å². The number of rotatable bonds is 6. The molecule has 0 saturated carbocycles. The number of alkyl halides is 5. The zero-order chi connectivity index (χ0) is 23.8. The van der Waals surface area contributed by atoms with Crippen LogP contribution in [-0.2, 0) is 6.18 Å². The van der Waals surface area contributed by atoms with Crippen LogP contribution in [-0.4, -0.2) is 28.3 Å². The van der Waals surface area contributed by atoms with Crippen LogP contribution >= 0.6 is 12.2 Å². The van der Waals surface area contributed by atoms with Crippen LogP contribution in [0.15, 0.2) is 29.1 Å². The third kappa shape index (κ3) is 4.45. The van der Waals surface area contributed by atoms with Gasteiger partial charge in [0.1, 0.15) is 5.65 Å². The molecule has 1 N–H and O–H groups in total. The van der Waals surface area contributed by atoms with Gasteiger partial charge in [0.05, 0.1) is 23.8 Å². The summed E-state index contributed by atoms with van der Waals surface area (Å²) in [4.78, 5) is 19.0. The number of halogens is 5. The number of methoxy groups -OCH3 is 1. The summed E-state index contributed by atoms with van der Waals surface area (Å²) in [5.41, 5.74) is -2.45. The molecular formula is C20H18F5N3O3S. The van der Waals surface area contributed by atoms with E-state index >= 15 is 0 Å². The summed E-state index contributed by atoms with van der Waals surface area (Å²) in [5, 5.41) is -0.639. The zero-order valence-electron chi connectivity index (χ0n) is 17.1. The van der Waals surface area contributed by atoms with E-state index in [1.165, 1.54) is 23.8 Å². The Morgan fingerprint density at radius 3 is 2.47 bits per heavy atom. The maximum atomic E-state index is 13.9. The summed E-state index contributed by atoms with van der Waals surface area (Å²) in [7, 11) is 1.20. The lowest BCUT2D eigenvalue weighted by Crippen LogP contribution is -2.22. The Balaban J connectivity index is 2.39. The van der Waals surface area contributed by atoms with E-state index in [9.17, 15) is 26.7 Å². The molecule has 0 radical (unpaired) electrons. The van der Waals surface area contributed by atoms with Crippen molar-refractivity contribution in [2.45, 2.75) is 39.1 Å². The Kier molecular flexibility index (Phi) is 6.54. The van der Waals surface area contributed by atoms with E-state index in [1.54, 1.807) is 6.92 Å². The van der Waals surface area contributed by atoms with Gasteiger partial charge in [-0.15, -0.1) is 0 Å². The Bertz CT molecular complexity index is 1270. The average molecular weight is 475 g/mol. The monoisotopic (exact) mass is 475 g/mol. The lowest BCUT2D eigenvalue weighted by molar-refractivity contribution is -0.136. The van der Waals surface area contributed by atoms with Gasteiger partial charge in [0.15, 0.2) is 16.3 Å². The highest BCUT2D eigenvalue weighted by molar-refractivity contribution is 7.71. The number of nitrogens with zero attached hydrogens (tertiary/aromatic N) is 2. The Labute approximate surface area is 183 Å². The normalized spacial score (nSPS) is 12.9. The second kappa shape index (κ2) is 8.85. The first-order valence-corrected chi connectivity index (χ1v) is 9.78. The molecule has 0 aliphatic carbocycles. The highest BCUT2D eigenvalue weighted by Gasteiger charge is 2.36. The van der Waals surface area contributed by atoms with Gasteiger partial charge >= 0.3 is 12.8 Å². The van der Waals surface area contributed by atoms with Crippen LogP contribution in [0.25, 0.3) is 22.3 Å². The summed E-state index contributed by atoms with van der Waals surface area (Å²) < 4.78 is 77.6. The number of H-pyrrole nitrogens is 1. The van der Waals surface area contributed by atoms with Crippen LogP contribution in [0.1, 0.15) is 31.9 Å². The maximum Gasteiger partial charge on any atom is 0.417 e. The molecule has 0 spiro atoms. The molecule has 3 rings (SSSR count). The molecule has 2 heterocycles. The molecule has 172 valence electrons. The van der Waals surface area contributed by atoms with Gasteiger partial charge in [-0.1, -0.05) is 6.92 Å². The summed E-state index contributed by atoms with van der Waals surface area (Å²) in [6, 6.07) is 4.00. The van der Waals surface area contributed by atoms with Crippen molar-refractivity contribution in [3.8, 4) is 22.8 Å². The van der Waals surface area contributed by atoms with Crippen LogP contribution in [0.2, 0.25) is 0 Å². The van der Waals surface area contributed by atoms with E-state index in [1.807, 2.05) is 6.92 Å². The molecule has 0 fully saturated rings. The van der Waals surface area contributed by atoms with Crippen LogP contribution in [0.3, 0.4) is 0 Å². The Morgan fingerprint density at radius 1 is 1.22 bits per heavy atom. The number of fused-ring (bicyclic) bond motifs is 1. The Hall–Kier alpha value is -3.02. The molecule has 12 heteroatoms. The van der Waals surface area contributed by atoms with Gasteiger partial charge in [-0.05, 0) is 49.8 Å². The van der Waals surface area contributed by atoms with E-state index in [0.717, 1.165) is 12.1 Å². The standard InChI is InChI=1S/C20H18F5N3O3S/c1-4-9(2)28-16-15(17(29)27-19(28)32)11(20(23,24)25)8-12(26-16)10-5-6-13(31-18(21)22)14(7-10)30-3/h5-9,18H,4H2,1-3H3,(H,27,29,32)/t9-/m0/s1. The molecule has 0 aliphatic rings. The molecule has 2 aromatic heterocycles. The van der Waals surface area contributed by atoms with Gasteiger partial charge in [-0.2, -0.15) is 22.0 Å². The molecule has 1 aromatic carbocycles. The van der Waals surface area contributed by atoms with E-state index < -0.39 is 29.3 Å². The number of ether oxygens (including phenoxy) is 2. The topological polar surface area (TPSA) is 69.1 Å². The van der Waals surface area contributed by atoms with Crippen molar-refractivity contribution >= 4 is 23.3 Å². The van der Waals surface area contributed by atoms with Crippen LogP contribution in [0.4, 0.5) is 22.0 Å². The summed E-state index contributed by atoms with van der Waals surface area (Å²) in [6.45, 7) is 0.427. The van der Waals surface area contributed by atoms with E-state index in [0.29, 0.717) is 6.42 Å². The lowest BCUT2D eigenvalue weighted by Gasteiger charge is -2.19. The molecule has 0 aliphatic heterocycles.